The Labute approximate surface area is 356 Å². The fourth-order valence-electron chi connectivity index (χ4n) is 7.65. The Kier molecular flexibility index (Phi) is 5.16. The molecule has 4 atom stereocenters. The van der Waals surface area contributed by atoms with Gasteiger partial charge in [-0.2, -0.15) is 0 Å². The van der Waals surface area contributed by atoms with Gasteiger partial charge < -0.3 is 0 Å². The summed E-state index contributed by atoms with van der Waals surface area (Å²) in [5, 5.41) is 13.2. The van der Waals surface area contributed by atoms with E-state index in [1.54, 1.807) is 6.07 Å². The van der Waals surface area contributed by atoms with Gasteiger partial charge in [0, 0.05) is 53.2 Å². The Morgan fingerprint density at radius 1 is 0.527 bits per heavy atom. The van der Waals surface area contributed by atoms with Gasteiger partial charge in [-0.15, -0.1) is 21.5 Å². The van der Waals surface area contributed by atoms with Crippen molar-refractivity contribution in [3.05, 3.63) is 151 Å². The molecule has 0 aliphatic heterocycles. The molecule has 55 heavy (non-hydrogen) atoms. The average molecular weight is 752 g/mol. The second-order valence-electron chi connectivity index (χ2n) is 13.0. The number of hydrogen-bond donors (Lipinski definition) is 0. The van der Waals surface area contributed by atoms with Gasteiger partial charge in [-0.25, -0.2) is 0 Å². The molecular formula is C51H45N3S. The van der Waals surface area contributed by atoms with E-state index in [1.165, 1.54) is 23.5 Å². The van der Waals surface area contributed by atoms with Crippen LogP contribution in [0.1, 0.15) is 114 Å². The molecule has 10 rings (SSSR count). The molecule has 3 nitrogen and oxygen atoms in total. The number of rotatable bonds is 7. The standard InChI is InChI=1S/C51H45N3S/c1-4-16-34(17-5-1)37-22-10-11-23-39(37)40-24-12-13-25-41(40)42-30-31-47-51(43-26-14-15-27-46(43)55-47)49(42)44-29-28-38(35-18-6-2-7-19-35)48(36-20-8-3-9-21-36)50(44)45-32-33-52-54-53-45/h1,4-5,10-17,22-33,35-36H,2-3,6-9,18-21H2/i2D2,3D2,6D2,7D2,8D2,9D2,18D,19D2,20D,21D2,35D,36D. The molecule has 2 aliphatic carbocycles. The predicted molar refractivity (Wildman–Crippen MR) is 232 cm³/mol. The normalized spacial score (nSPS) is 35.5. The first-order chi connectivity index (χ1) is 34.9. The first-order valence-corrected chi connectivity index (χ1v) is 18.6. The van der Waals surface area contributed by atoms with E-state index in [0.717, 1.165) is 33.7 Å². The zero-order valence-electron chi connectivity index (χ0n) is 49.2. The molecule has 8 aromatic rings. The maximum Gasteiger partial charge on any atom is 0.0972 e. The van der Waals surface area contributed by atoms with Crippen LogP contribution < -0.4 is 0 Å². The maximum atomic E-state index is 10.6. The molecule has 2 aromatic heterocycles. The van der Waals surface area contributed by atoms with Crippen molar-refractivity contribution in [3.8, 4) is 55.8 Å². The number of fused-ring (bicyclic) bond motifs is 3. The number of thiophene rings is 1. The average Bonchev–Trinajstić information content (AvgIpc) is 3.88. The van der Waals surface area contributed by atoms with Gasteiger partial charge in [-0.1, -0.05) is 153 Å². The van der Waals surface area contributed by atoms with E-state index in [4.69, 9.17) is 16.4 Å². The summed E-state index contributed by atoms with van der Waals surface area (Å²) < 4.78 is 187. The van der Waals surface area contributed by atoms with E-state index in [2.05, 4.69) is 15.4 Å². The summed E-state index contributed by atoms with van der Waals surface area (Å²) in [5.74, 6) is -7.64. The molecule has 270 valence electrons. The summed E-state index contributed by atoms with van der Waals surface area (Å²) >= 11 is 1.40. The molecule has 4 unspecified atom stereocenters. The SMILES string of the molecule is [2H]C1C([2H])([2H])C([2H])([2H])C([2H])([2H])C([2H])([2H])C1([2H])c1ccc(-c2c(-c3ccccc3-c3ccccc3-c3ccccc3)ccc3sc4ccccc4c23)c(-c2ccnnn2)c1C1([2H])C([2H])C([2H])([2H])C([2H])([2H])C([2H])([2H])C1([2H])[2H]. The van der Waals surface area contributed by atoms with Crippen LogP contribution in [0, 0.1) is 0 Å². The monoisotopic (exact) mass is 751 g/mol. The summed E-state index contributed by atoms with van der Waals surface area (Å²) in [7, 11) is 0. The summed E-state index contributed by atoms with van der Waals surface area (Å²) in [6.07, 6.45) is -36.3. The zero-order valence-corrected chi connectivity index (χ0v) is 30.0. The van der Waals surface area contributed by atoms with Gasteiger partial charge in [-0.3, -0.25) is 0 Å². The minimum Gasteiger partial charge on any atom is -0.139 e. The minimum atomic E-state index is -4.08. The second-order valence-corrected chi connectivity index (χ2v) is 14.1. The van der Waals surface area contributed by atoms with Crippen molar-refractivity contribution in [3.63, 3.8) is 0 Å². The second kappa shape index (κ2) is 15.0. The Bertz CT molecular complexity index is 3570. The lowest BCUT2D eigenvalue weighted by atomic mass is 9.72. The third kappa shape index (κ3) is 6.27. The van der Waals surface area contributed by atoms with Gasteiger partial charge >= 0.3 is 0 Å². The smallest absolute Gasteiger partial charge is 0.0972 e. The lowest BCUT2D eigenvalue weighted by Gasteiger charge is -2.33. The molecule has 2 aliphatic rings. The summed E-state index contributed by atoms with van der Waals surface area (Å²) in [5.41, 5.74) is 1.50. The van der Waals surface area contributed by atoms with Gasteiger partial charge in [0.05, 0.1) is 11.9 Å². The van der Waals surface area contributed by atoms with E-state index in [-0.39, 0.29) is 11.3 Å². The van der Waals surface area contributed by atoms with E-state index in [1.807, 2.05) is 109 Å². The van der Waals surface area contributed by atoms with Crippen LogP contribution in [0.15, 0.2) is 140 Å². The number of nitrogens with zero attached hydrogens (tertiary/aromatic N) is 3. The molecule has 6 aromatic carbocycles. The van der Waals surface area contributed by atoms with E-state index in [9.17, 15) is 11.0 Å². The lowest BCUT2D eigenvalue weighted by Crippen LogP contribution is -2.15. The third-order valence-electron chi connectivity index (χ3n) is 9.95. The van der Waals surface area contributed by atoms with Crippen LogP contribution in [0.4, 0.5) is 0 Å². The molecule has 4 heteroatoms. The quantitative estimate of drug-likeness (QED) is 0.163. The molecule has 0 N–H and O–H groups in total. The highest BCUT2D eigenvalue weighted by Gasteiger charge is 2.31. The van der Waals surface area contributed by atoms with Crippen molar-refractivity contribution in [2.75, 3.05) is 0 Å². The first kappa shape index (κ1) is 18.9. The maximum absolute atomic E-state index is 10.6. The van der Waals surface area contributed by atoms with Crippen LogP contribution in [-0.2, 0) is 0 Å². The summed E-state index contributed by atoms with van der Waals surface area (Å²) in [6.45, 7) is 0. The fourth-order valence-corrected chi connectivity index (χ4v) is 8.77. The summed E-state index contributed by atoms with van der Waals surface area (Å²) in [4.78, 5) is 0. The fraction of sp³-hybridized carbons (Fsp3) is 0.235. The van der Waals surface area contributed by atoms with Gasteiger partial charge in [0.15, 0.2) is 0 Å². The number of hydrogen-bond acceptors (Lipinski definition) is 4. The van der Waals surface area contributed by atoms with Crippen molar-refractivity contribution in [1.29, 1.82) is 0 Å². The molecule has 0 bridgehead atoms. The Morgan fingerprint density at radius 2 is 1.18 bits per heavy atom. The van der Waals surface area contributed by atoms with Crippen molar-refractivity contribution in [2.45, 2.75) is 75.6 Å². The van der Waals surface area contributed by atoms with Crippen LogP contribution >= 0.6 is 11.3 Å². The topological polar surface area (TPSA) is 38.7 Å². The molecule has 2 saturated carbocycles. The van der Waals surface area contributed by atoms with Crippen LogP contribution in [-0.4, -0.2) is 15.4 Å². The molecule has 2 heterocycles. The van der Waals surface area contributed by atoms with Gasteiger partial charge in [0.2, 0.25) is 0 Å². The molecule has 0 radical (unpaired) electrons. The molecule has 0 saturated heterocycles. The van der Waals surface area contributed by atoms with Gasteiger partial charge in [0.1, 0.15) is 0 Å². The Hall–Kier alpha value is -5.45. The third-order valence-corrected chi connectivity index (χ3v) is 11.1. The zero-order chi connectivity index (χ0) is 54.5. The molecule has 0 amide bonds. The van der Waals surface area contributed by atoms with E-state index < -0.39 is 92.3 Å². The highest BCUT2D eigenvalue weighted by atomic mass is 32.1. The number of aromatic nitrogens is 3. The van der Waals surface area contributed by atoms with Gasteiger partial charge in [-0.05, 0) is 116 Å². The lowest BCUT2D eigenvalue weighted by molar-refractivity contribution is 0.419. The minimum absolute atomic E-state index is 0.0447. The molecule has 0 spiro atoms. The van der Waals surface area contributed by atoms with E-state index >= 15 is 0 Å². The van der Waals surface area contributed by atoms with Crippen LogP contribution in [0.25, 0.3) is 75.9 Å². The van der Waals surface area contributed by atoms with Crippen LogP contribution in [0.3, 0.4) is 0 Å². The number of benzene rings is 6. The van der Waals surface area contributed by atoms with Gasteiger partial charge in [0.25, 0.3) is 0 Å². The highest BCUT2D eigenvalue weighted by Crippen LogP contribution is 2.53. The van der Waals surface area contributed by atoms with Crippen LogP contribution in [0.2, 0.25) is 0 Å². The van der Waals surface area contributed by atoms with Crippen molar-refractivity contribution in [2.24, 2.45) is 0 Å². The Morgan fingerprint density at radius 3 is 1.96 bits per heavy atom. The van der Waals surface area contributed by atoms with Crippen molar-refractivity contribution < 1.29 is 27.4 Å². The summed E-state index contributed by atoms with van der Waals surface area (Å²) in [6, 6.07) is 39.4. The van der Waals surface area contributed by atoms with Crippen molar-refractivity contribution in [1.82, 2.24) is 15.4 Å². The highest BCUT2D eigenvalue weighted by molar-refractivity contribution is 7.26. The molecule has 2 fully saturated rings. The first-order valence-electron chi connectivity index (χ1n) is 27.9. The Balaban J connectivity index is 1.45. The molecular weight excluding hydrogens is 687 g/mol. The van der Waals surface area contributed by atoms with Crippen molar-refractivity contribution >= 4 is 31.5 Å². The van der Waals surface area contributed by atoms with Crippen LogP contribution in [0.5, 0.6) is 0 Å². The van der Waals surface area contributed by atoms with E-state index in [0.29, 0.717) is 37.7 Å². The predicted octanol–water partition coefficient (Wildman–Crippen LogP) is 14.7. The largest absolute Gasteiger partial charge is 0.139 e.